The summed E-state index contributed by atoms with van der Waals surface area (Å²) in [5.41, 5.74) is 0.957. The van der Waals surface area contributed by atoms with Gasteiger partial charge in [-0.25, -0.2) is 4.68 Å². The van der Waals surface area contributed by atoms with Gasteiger partial charge in [0.1, 0.15) is 6.54 Å². The lowest BCUT2D eigenvalue weighted by Crippen LogP contribution is -2.39. The first kappa shape index (κ1) is 18.4. The molecule has 1 N–H and O–H groups in total. The molecule has 144 valence electrons. The molecule has 1 unspecified atom stereocenters. The van der Waals surface area contributed by atoms with E-state index >= 15 is 0 Å². The highest BCUT2D eigenvalue weighted by molar-refractivity contribution is 5.81. The van der Waals surface area contributed by atoms with E-state index < -0.39 is 0 Å². The van der Waals surface area contributed by atoms with Crippen LogP contribution in [0.15, 0.2) is 65.6 Å². The molecule has 3 aromatic rings. The first-order valence-corrected chi connectivity index (χ1v) is 9.73. The first-order valence-electron chi connectivity index (χ1n) is 9.73. The molecule has 1 saturated heterocycles. The standard InChI is InChI=1S/C22H24N4O2/c27-21(16-26-22(28)19-11-5-4-10-18(19)14-24-26)23-15-20(25-12-6-7-13-25)17-8-2-1-3-9-17/h1-5,8-11,14,20H,6-7,12-13,15-16H2,(H,23,27). The van der Waals surface area contributed by atoms with Crippen molar-refractivity contribution in [2.24, 2.45) is 0 Å². The van der Waals surface area contributed by atoms with Crippen molar-refractivity contribution in [2.45, 2.75) is 25.4 Å². The van der Waals surface area contributed by atoms with E-state index in [2.05, 4.69) is 27.4 Å². The molecule has 1 aromatic heterocycles. The Morgan fingerprint density at radius 3 is 2.54 bits per heavy atom. The number of aromatic nitrogens is 2. The van der Waals surface area contributed by atoms with Gasteiger partial charge in [0.15, 0.2) is 0 Å². The number of rotatable bonds is 6. The van der Waals surface area contributed by atoms with Gasteiger partial charge >= 0.3 is 0 Å². The van der Waals surface area contributed by atoms with Crippen molar-refractivity contribution in [1.82, 2.24) is 20.0 Å². The summed E-state index contributed by atoms with van der Waals surface area (Å²) >= 11 is 0. The number of amides is 1. The molecule has 28 heavy (non-hydrogen) atoms. The van der Waals surface area contributed by atoms with Crippen LogP contribution in [-0.2, 0) is 11.3 Å². The maximum absolute atomic E-state index is 12.5. The van der Waals surface area contributed by atoms with Crippen molar-refractivity contribution in [3.63, 3.8) is 0 Å². The fourth-order valence-electron chi connectivity index (χ4n) is 3.83. The lowest BCUT2D eigenvalue weighted by atomic mass is 10.1. The summed E-state index contributed by atoms with van der Waals surface area (Å²) in [7, 11) is 0. The van der Waals surface area contributed by atoms with Crippen molar-refractivity contribution in [3.05, 3.63) is 76.7 Å². The molecule has 1 aliphatic heterocycles. The SMILES string of the molecule is O=C(Cn1ncc2ccccc2c1=O)NCC(c1ccccc1)N1CCCC1. The molecule has 6 nitrogen and oxygen atoms in total. The molecule has 2 heterocycles. The van der Waals surface area contributed by atoms with E-state index in [1.54, 1.807) is 12.3 Å². The van der Waals surface area contributed by atoms with E-state index in [4.69, 9.17) is 0 Å². The maximum atomic E-state index is 12.5. The van der Waals surface area contributed by atoms with Crippen LogP contribution >= 0.6 is 0 Å². The Morgan fingerprint density at radius 1 is 1.04 bits per heavy atom. The lowest BCUT2D eigenvalue weighted by Gasteiger charge is -2.28. The number of nitrogens with zero attached hydrogens (tertiary/aromatic N) is 3. The highest BCUT2D eigenvalue weighted by Gasteiger charge is 2.23. The molecule has 1 fully saturated rings. The second-order valence-electron chi connectivity index (χ2n) is 7.17. The molecule has 1 aliphatic rings. The average Bonchev–Trinajstić information content (AvgIpc) is 3.26. The molecular formula is C22H24N4O2. The van der Waals surface area contributed by atoms with Crippen LogP contribution in [-0.4, -0.2) is 40.2 Å². The Bertz CT molecular complexity index is 1010. The van der Waals surface area contributed by atoms with Crippen molar-refractivity contribution < 1.29 is 4.79 Å². The van der Waals surface area contributed by atoms with Gasteiger partial charge in [-0.15, -0.1) is 0 Å². The molecule has 1 amide bonds. The molecule has 6 heteroatoms. The predicted molar refractivity (Wildman–Crippen MR) is 109 cm³/mol. The van der Waals surface area contributed by atoms with E-state index in [0.717, 1.165) is 18.5 Å². The Hall–Kier alpha value is -2.99. The summed E-state index contributed by atoms with van der Waals surface area (Å²) in [6, 6.07) is 17.7. The van der Waals surface area contributed by atoms with Crippen molar-refractivity contribution in [1.29, 1.82) is 0 Å². The van der Waals surface area contributed by atoms with Gasteiger partial charge < -0.3 is 5.32 Å². The fourth-order valence-corrected chi connectivity index (χ4v) is 3.83. The van der Waals surface area contributed by atoms with Crippen LogP contribution < -0.4 is 10.9 Å². The molecule has 0 aliphatic carbocycles. The number of hydrogen-bond donors (Lipinski definition) is 1. The van der Waals surface area contributed by atoms with Gasteiger partial charge in [-0.05, 0) is 37.6 Å². The summed E-state index contributed by atoms with van der Waals surface area (Å²) in [5.74, 6) is -0.204. The highest BCUT2D eigenvalue weighted by Crippen LogP contribution is 2.24. The first-order chi connectivity index (χ1) is 13.7. The van der Waals surface area contributed by atoms with E-state index in [1.807, 2.05) is 36.4 Å². The van der Waals surface area contributed by atoms with Gasteiger partial charge in [-0.1, -0.05) is 48.5 Å². The maximum Gasteiger partial charge on any atom is 0.275 e. The normalized spacial score (nSPS) is 15.6. The lowest BCUT2D eigenvalue weighted by molar-refractivity contribution is -0.122. The minimum Gasteiger partial charge on any atom is -0.353 e. The molecule has 0 spiro atoms. The van der Waals surface area contributed by atoms with E-state index in [9.17, 15) is 9.59 Å². The summed E-state index contributed by atoms with van der Waals surface area (Å²) in [6.45, 7) is 2.53. The Labute approximate surface area is 163 Å². The van der Waals surface area contributed by atoms with Crippen LogP contribution in [0.4, 0.5) is 0 Å². The van der Waals surface area contributed by atoms with Gasteiger partial charge in [-0.2, -0.15) is 5.10 Å². The quantitative estimate of drug-likeness (QED) is 0.717. The topological polar surface area (TPSA) is 67.2 Å². The van der Waals surface area contributed by atoms with E-state index in [0.29, 0.717) is 11.9 Å². The number of carbonyl (C=O) groups excluding carboxylic acids is 1. The van der Waals surface area contributed by atoms with Crippen LogP contribution in [0.2, 0.25) is 0 Å². The van der Waals surface area contributed by atoms with Gasteiger partial charge in [0.05, 0.1) is 17.6 Å². The molecule has 0 bridgehead atoms. The molecule has 0 saturated carbocycles. The summed E-state index contributed by atoms with van der Waals surface area (Å²) < 4.78 is 1.23. The van der Waals surface area contributed by atoms with Crippen molar-refractivity contribution in [2.75, 3.05) is 19.6 Å². The molecule has 2 aromatic carbocycles. The van der Waals surface area contributed by atoms with Crippen LogP contribution in [0, 0.1) is 0 Å². The summed E-state index contributed by atoms with van der Waals surface area (Å²) in [4.78, 5) is 27.5. The Morgan fingerprint density at radius 2 is 1.75 bits per heavy atom. The van der Waals surface area contributed by atoms with Crippen LogP contribution in [0.3, 0.4) is 0 Å². The van der Waals surface area contributed by atoms with Gasteiger partial charge in [0, 0.05) is 11.9 Å². The Kier molecular flexibility index (Phi) is 5.48. The summed E-state index contributed by atoms with van der Waals surface area (Å²) in [6.07, 6.45) is 4.00. The minimum atomic E-state index is -0.243. The molecular weight excluding hydrogens is 352 g/mol. The van der Waals surface area contributed by atoms with Crippen LogP contribution in [0.5, 0.6) is 0 Å². The van der Waals surface area contributed by atoms with Crippen LogP contribution in [0.25, 0.3) is 10.8 Å². The van der Waals surface area contributed by atoms with Crippen LogP contribution in [0.1, 0.15) is 24.4 Å². The number of nitrogens with one attached hydrogen (secondary N) is 1. The molecule has 4 rings (SSSR count). The van der Waals surface area contributed by atoms with Crippen molar-refractivity contribution >= 4 is 16.7 Å². The number of carbonyl (C=O) groups is 1. The number of benzene rings is 2. The zero-order valence-electron chi connectivity index (χ0n) is 15.8. The zero-order chi connectivity index (χ0) is 19.3. The third-order valence-electron chi connectivity index (χ3n) is 5.31. The second kappa shape index (κ2) is 8.35. The zero-order valence-corrected chi connectivity index (χ0v) is 15.8. The van der Waals surface area contributed by atoms with E-state index in [-0.39, 0.29) is 24.1 Å². The third kappa shape index (κ3) is 3.97. The monoisotopic (exact) mass is 376 g/mol. The Balaban J connectivity index is 1.45. The van der Waals surface area contributed by atoms with Crippen molar-refractivity contribution in [3.8, 4) is 0 Å². The highest BCUT2D eigenvalue weighted by atomic mass is 16.2. The van der Waals surface area contributed by atoms with Gasteiger partial charge in [0.25, 0.3) is 5.56 Å². The summed E-state index contributed by atoms with van der Waals surface area (Å²) in [5, 5.41) is 8.50. The predicted octanol–water partition coefficient (Wildman–Crippen LogP) is 2.35. The largest absolute Gasteiger partial charge is 0.353 e. The average molecular weight is 376 g/mol. The minimum absolute atomic E-state index is 0.0782. The number of hydrogen-bond acceptors (Lipinski definition) is 4. The van der Waals surface area contributed by atoms with E-state index in [1.165, 1.54) is 23.1 Å². The number of likely N-dealkylation sites (tertiary alicyclic amines) is 1. The molecule has 0 radical (unpaired) electrons. The number of fused-ring (bicyclic) bond motifs is 1. The molecule has 1 atom stereocenters. The van der Waals surface area contributed by atoms with Gasteiger partial charge in [0.2, 0.25) is 5.91 Å². The smallest absolute Gasteiger partial charge is 0.275 e. The fraction of sp³-hybridized carbons (Fsp3) is 0.318. The third-order valence-corrected chi connectivity index (χ3v) is 5.31. The van der Waals surface area contributed by atoms with Gasteiger partial charge in [-0.3, -0.25) is 14.5 Å². The second-order valence-corrected chi connectivity index (χ2v) is 7.17.